The van der Waals surface area contributed by atoms with Gasteiger partial charge in [0, 0.05) is 4.92 Å². The molecule has 1 aliphatic rings. The Labute approximate surface area is 125 Å². The minimum Gasteiger partial charge on any atom is -0.359 e. The van der Waals surface area contributed by atoms with E-state index in [1.54, 1.807) is 30.3 Å². The van der Waals surface area contributed by atoms with Crippen LogP contribution in [0.25, 0.3) is 0 Å². The molecule has 0 aromatic heterocycles. The fourth-order valence-corrected chi connectivity index (χ4v) is 2.83. The van der Waals surface area contributed by atoms with Gasteiger partial charge in [-0.2, -0.15) is 13.2 Å². The third-order valence-corrected chi connectivity index (χ3v) is 3.77. The molecular weight excluding hydrogens is 301 g/mol. The molecule has 0 amide bonds. The van der Waals surface area contributed by atoms with Crippen molar-refractivity contribution >= 4 is 0 Å². The third kappa shape index (κ3) is 3.38. The molecule has 1 aromatic carbocycles. The largest absolute Gasteiger partial charge is 0.410 e. The average Bonchev–Trinajstić information content (AvgIpc) is 2.71. The van der Waals surface area contributed by atoms with Crippen molar-refractivity contribution in [1.29, 1.82) is 0 Å². The molecule has 0 aliphatic carbocycles. The maximum atomic E-state index is 13.4. The zero-order chi connectivity index (χ0) is 16.5. The van der Waals surface area contributed by atoms with E-state index in [4.69, 9.17) is 4.74 Å². The number of alkyl halides is 3. The van der Waals surface area contributed by atoms with E-state index in [0.717, 1.165) is 4.90 Å². The lowest BCUT2D eigenvalue weighted by Gasteiger charge is -2.39. The molecule has 22 heavy (non-hydrogen) atoms. The van der Waals surface area contributed by atoms with Gasteiger partial charge in [-0.05, 0) is 19.4 Å². The van der Waals surface area contributed by atoms with E-state index >= 15 is 0 Å². The summed E-state index contributed by atoms with van der Waals surface area (Å²) in [5, 5.41) is 10.7. The van der Waals surface area contributed by atoms with E-state index in [0.29, 0.717) is 5.56 Å². The highest BCUT2D eigenvalue weighted by atomic mass is 19.4. The molecule has 0 N–H and O–H groups in total. The van der Waals surface area contributed by atoms with Crippen molar-refractivity contribution in [3.05, 3.63) is 46.0 Å². The second-order valence-electron chi connectivity index (χ2n) is 5.66. The summed E-state index contributed by atoms with van der Waals surface area (Å²) in [7, 11) is 0. The predicted molar refractivity (Wildman–Crippen MR) is 72.8 cm³/mol. The number of benzene rings is 1. The molecule has 0 radical (unpaired) electrons. The lowest BCUT2D eigenvalue weighted by molar-refractivity contribution is -0.498. The standard InChI is InChI=1S/C14H17F3N2O3/c1-13(2)19(12(8-18(20)21)14(15,16)17)11(9-22-13)10-6-4-3-5-7-10/h3-7,11-12H,8-9H2,1-2H3/t11-,12?/m0/s1. The highest BCUT2D eigenvalue weighted by Gasteiger charge is 2.56. The number of rotatable bonds is 4. The summed E-state index contributed by atoms with van der Waals surface area (Å²) < 4.78 is 45.6. The van der Waals surface area contributed by atoms with Crippen LogP contribution in [0.2, 0.25) is 0 Å². The molecule has 0 spiro atoms. The van der Waals surface area contributed by atoms with Crippen LogP contribution in [0.5, 0.6) is 0 Å². The van der Waals surface area contributed by atoms with E-state index in [9.17, 15) is 23.3 Å². The molecule has 1 heterocycles. The smallest absolute Gasteiger partial charge is 0.359 e. The normalized spacial score (nSPS) is 23.4. The first-order valence-corrected chi connectivity index (χ1v) is 6.79. The van der Waals surface area contributed by atoms with Crippen LogP contribution in [0, 0.1) is 10.1 Å². The predicted octanol–water partition coefficient (Wildman–Crippen LogP) is 3.00. The number of hydrogen-bond donors (Lipinski definition) is 0. The Morgan fingerprint density at radius 2 is 2.00 bits per heavy atom. The van der Waals surface area contributed by atoms with E-state index in [1.165, 1.54) is 13.8 Å². The molecule has 122 valence electrons. The van der Waals surface area contributed by atoms with Gasteiger partial charge in [-0.25, -0.2) is 4.90 Å². The summed E-state index contributed by atoms with van der Waals surface area (Å²) in [6.07, 6.45) is -4.72. The first-order valence-electron chi connectivity index (χ1n) is 6.79. The molecule has 0 bridgehead atoms. The van der Waals surface area contributed by atoms with Crippen LogP contribution in [0.1, 0.15) is 25.5 Å². The highest BCUT2D eigenvalue weighted by molar-refractivity contribution is 5.21. The van der Waals surface area contributed by atoms with Crippen molar-refractivity contribution in [3.8, 4) is 0 Å². The van der Waals surface area contributed by atoms with E-state index < -0.39 is 35.5 Å². The average molecular weight is 318 g/mol. The Morgan fingerprint density at radius 1 is 1.41 bits per heavy atom. The van der Waals surface area contributed by atoms with Gasteiger partial charge in [-0.1, -0.05) is 30.3 Å². The van der Waals surface area contributed by atoms with Crippen LogP contribution in [0.4, 0.5) is 13.2 Å². The van der Waals surface area contributed by atoms with Gasteiger partial charge in [-0.15, -0.1) is 0 Å². The second-order valence-corrected chi connectivity index (χ2v) is 5.66. The van der Waals surface area contributed by atoms with Gasteiger partial charge in [0.1, 0.15) is 5.72 Å². The van der Waals surface area contributed by atoms with Crippen LogP contribution in [0.3, 0.4) is 0 Å². The number of nitrogens with zero attached hydrogens (tertiary/aromatic N) is 2. The van der Waals surface area contributed by atoms with Crippen molar-refractivity contribution < 1.29 is 22.8 Å². The molecule has 1 aliphatic heterocycles. The second kappa shape index (κ2) is 5.85. The SMILES string of the molecule is CC1(C)OC[C@@H](c2ccccc2)N1C(C[N+](=O)[O-])C(F)(F)F. The monoisotopic (exact) mass is 318 g/mol. The Morgan fingerprint density at radius 3 is 2.50 bits per heavy atom. The van der Waals surface area contributed by atoms with Gasteiger partial charge in [-0.3, -0.25) is 10.1 Å². The molecule has 5 nitrogen and oxygen atoms in total. The number of hydrogen-bond acceptors (Lipinski definition) is 4. The van der Waals surface area contributed by atoms with Crippen molar-refractivity contribution in [2.45, 2.75) is 37.8 Å². The van der Waals surface area contributed by atoms with E-state index in [-0.39, 0.29) is 6.61 Å². The topological polar surface area (TPSA) is 55.6 Å². The molecule has 0 saturated carbocycles. The van der Waals surface area contributed by atoms with Gasteiger partial charge >= 0.3 is 6.18 Å². The molecule has 2 rings (SSSR count). The van der Waals surface area contributed by atoms with Crippen molar-refractivity contribution in [1.82, 2.24) is 4.90 Å². The molecular formula is C14H17F3N2O3. The van der Waals surface area contributed by atoms with Gasteiger partial charge < -0.3 is 4.74 Å². The quantitative estimate of drug-likeness (QED) is 0.632. The summed E-state index contributed by atoms with van der Waals surface area (Å²) in [4.78, 5) is 10.8. The van der Waals surface area contributed by atoms with Crippen molar-refractivity contribution in [2.75, 3.05) is 13.2 Å². The van der Waals surface area contributed by atoms with E-state index in [1.807, 2.05) is 0 Å². The zero-order valence-corrected chi connectivity index (χ0v) is 12.2. The molecule has 1 fully saturated rings. The first-order chi connectivity index (χ1) is 10.1. The van der Waals surface area contributed by atoms with Crippen molar-refractivity contribution in [2.24, 2.45) is 0 Å². The van der Waals surface area contributed by atoms with Crippen LogP contribution in [0.15, 0.2) is 30.3 Å². The van der Waals surface area contributed by atoms with E-state index in [2.05, 4.69) is 0 Å². The summed E-state index contributed by atoms with van der Waals surface area (Å²) in [6, 6.07) is 5.70. The van der Waals surface area contributed by atoms with Crippen LogP contribution in [-0.2, 0) is 4.74 Å². The third-order valence-electron chi connectivity index (χ3n) is 3.77. The summed E-state index contributed by atoms with van der Waals surface area (Å²) in [5.74, 6) is 0. The van der Waals surface area contributed by atoms with Gasteiger partial charge in [0.25, 0.3) is 0 Å². The van der Waals surface area contributed by atoms with Gasteiger partial charge in [0.2, 0.25) is 6.54 Å². The Hall–Kier alpha value is -1.67. The number of nitro groups is 1. The maximum Gasteiger partial charge on any atom is 0.410 e. The highest BCUT2D eigenvalue weighted by Crippen LogP contribution is 2.42. The van der Waals surface area contributed by atoms with Crippen LogP contribution >= 0.6 is 0 Å². The fourth-order valence-electron chi connectivity index (χ4n) is 2.83. The lowest BCUT2D eigenvalue weighted by atomic mass is 10.0. The molecule has 1 unspecified atom stereocenters. The zero-order valence-electron chi connectivity index (χ0n) is 12.2. The Bertz CT molecular complexity index is 534. The van der Waals surface area contributed by atoms with Crippen LogP contribution < -0.4 is 0 Å². The van der Waals surface area contributed by atoms with Crippen molar-refractivity contribution in [3.63, 3.8) is 0 Å². The number of halogens is 3. The molecule has 8 heteroatoms. The minimum atomic E-state index is -4.72. The molecule has 1 aromatic rings. The summed E-state index contributed by atoms with van der Waals surface area (Å²) >= 11 is 0. The Balaban J connectivity index is 2.42. The van der Waals surface area contributed by atoms with Gasteiger partial charge in [0.15, 0.2) is 6.04 Å². The van der Waals surface area contributed by atoms with Crippen LogP contribution in [-0.4, -0.2) is 40.9 Å². The summed E-state index contributed by atoms with van der Waals surface area (Å²) in [5.41, 5.74) is -0.595. The molecule has 1 saturated heterocycles. The summed E-state index contributed by atoms with van der Waals surface area (Å²) in [6.45, 7) is 1.84. The maximum absolute atomic E-state index is 13.4. The fraction of sp³-hybridized carbons (Fsp3) is 0.571. The first kappa shape index (κ1) is 16.7. The molecule has 2 atom stereocenters. The van der Waals surface area contributed by atoms with Gasteiger partial charge in [0.05, 0.1) is 12.6 Å². The lowest BCUT2D eigenvalue weighted by Crippen LogP contribution is -2.56. The minimum absolute atomic E-state index is 0.0569. The Kier molecular flexibility index (Phi) is 4.44. The number of ether oxygens (including phenoxy) is 1.